The first-order chi connectivity index (χ1) is 8.29. The molecular formula is C15H21Cl2N. The number of rotatable bonds is 2. The smallest absolute Gasteiger partial charge is 0.0777 e. The third-order valence-electron chi connectivity index (χ3n) is 4.96. The highest BCUT2D eigenvalue weighted by molar-refractivity contribution is 6.30. The molecule has 0 aromatic heterocycles. The van der Waals surface area contributed by atoms with Gasteiger partial charge in [0, 0.05) is 10.9 Å². The van der Waals surface area contributed by atoms with E-state index in [9.17, 15) is 0 Å². The predicted octanol–water partition coefficient (Wildman–Crippen LogP) is 0.106. The number of quaternary nitrogens is 1. The molecule has 2 bridgehead atoms. The highest BCUT2D eigenvalue weighted by Crippen LogP contribution is 2.52. The van der Waals surface area contributed by atoms with Crippen LogP contribution in [0, 0.1) is 17.8 Å². The maximum atomic E-state index is 6.14. The molecule has 3 fully saturated rings. The summed E-state index contributed by atoms with van der Waals surface area (Å²) in [6.07, 6.45) is 5.69. The van der Waals surface area contributed by atoms with E-state index in [-0.39, 0.29) is 12.4 Å². The Kier molecular flexibility index (Phi) is 4.58. The first kappa shape index (κ1) is 14.2. The fourth-order valence-corrected chi connectivity index (χ4v) is 4.42. The van der Waals surface area contributed by atoms with Crippen LogP contribution in [-0.2, 0) is 0 Å². The lowest BCUT2D eigenvalue weighted by Crippen LogP contribution is -3.00. The fraction of sp³-hybridized carbons (Fsp3) is 0.600. The Balaban J connectivity index is 0.00000120. The normalized spacial score (nSPS) is 34.1. The molecular weight excluding hydrogens is 265 g/mol. The zero-order valence-corrected chi connectivity index (χ0v) is 12.1. The molecule has 3 aliphatic carbocycles. The topological polar surface area (TPSA) is 27.6 Å². The van der Waals surface area contributed by atoms with Crippen molar-refractivity contribution >= 4 is 11.6 Å². The van der Waals surface area contributed by atoms with Crippen LogP contribution in [0.15, 0.2) is 24.3 Å². The van der Waals surface area contributed by atoms with E-state index in [4.69, 9.17) is 11.6 Å². The van der Waals surface area contributed by atoms with Gasteiger partial charge in [-0.3, -0.25) is 0 Å². The summed E-state index contributed by atoms with van der Waals surface area (Å²) >= 11 is 6.14. The summed E-state index contributed by atoms with van der Waals surface area (Å²) in [7, 11) is 0. The van der Waals surface area contributed by atoms with E-state index in [1.165, 1.54) is 31.2 Å². The van der Waals surface area contributed by atoms with Crippen molar-refractivity contribution in [3.05, 3.63) is 34.9 Å². The van der Waals surface area contributed by atoms with E-state index in [1.54, 1.807) is 0 Å². The molecule has 1 aromatic carbocycles. The summed E-state index contributed by atoms with van der Waals surface area (Å²) in [5.74, 6) is 3.31. The average molecular weight is 286 g/mol. The van der Waals surface area contributed by atoms with E-state index >= 15 is 0 Å². The fourth-order valence-electron chi connectivity index (χ4n) is 4.22. The Morgan fingerprint density at radius 1 is 1.11 bits per heavy atom. The zero-order valence-electron chi connectivity index (χ0n) is 10.6. The van der Waals surface area contributed by atoms with Crippen molar-refractivity contribution in [1.82, 2.24) is 0 Å². The monoisotopic (exact) mass is 285 g/mol. The largest absolute Gasteiger partial charge is 1.00 e. The average Bonchev–Trinajstić information content (AvgIpc) is 2.39. The second-order valence-electron chi connectivity index (χ2n) is 5.71. The van der Waals surface area contributed by atoms with Crippen LogP contribution in [0.4, 0.5) is 0 Å². The molecule has 0 unspecified atom stereocenters. The first-order valence-corrected chi connectivity index (χ1v) is 7.22. The van der Waals surface area contributed by atoms with Gasteiger partial charge in [0.2, 0.25) is 0 Å². The van der Waals surface area contributed by atoms with Crippen molar-refractivity contribution in [1.29, 1.82) is 0 Å². The van der Waals surface area contributed by atoms with Crippen molar-refractivity contribution in [2.45, 2.75) is 31.6 Å². The van der Waals surface area contributed by atoms with Gasteiger partial charge in [-0.05, 0) is 61.1 Å². The summed E-state index contributed by atoms with van der Waals surface area (Å²) in [6, 6.07) is 8.51. The molecule has 2 atom stereocenters. The predicted molar refractivity (Wildman–Crippen MR) is 70.9 cm³/mol. The van der Waals surface area contributed by atoms with Gasteiger partial charge in [0.25, 0.3) is 0 Å². The number of hydrogen-bond donors (Lipinski definition) is 1. The Hall–Kier alpha value is -0.240. The van der Waals surface area contributed by atoms with Crippen molar-refractivity contribution in [3.63, 3.8) is 0 Å². The van der Waals surface area contributed by atoms with Crippen molar-refractivity contribution in [2.75, 3.05) is 6.54 Å². The molecule has 0 saturated heterocycles. The molecule has 3 aliphatic rings. The number of fused-ring (bicyclic) bond motifs is 3. The molecule has 4 rings (SSSR count). The van der Waals surface area contributed by atoms with Gasteiger partial charge in [0.1, 0.15) is 0 Å². The van der Waals surface area contributed by atoms with Gasteiger partial charge in [0.05, 0.1) is 6.54 Å². The van der Waals surface area contributed by atoms with Gasteiger partial charge in [-0.2, -0.15) is 0 Å². The molecule has 3 saturated carbocycles. The second-order valence-corrected chi connectivity index (χ2v) is 6.14. The van der Waals surface area contributed by atoms with Crippen LogP contribution in [-0.4, -0.2) is 6.54 Å². The standard InChI is InChI=1S/C15H20ClN.ClH/c16-13-3-1-2-12(8-13)15-11-6-4-10(5-7-11)14(15)9-17;/h1-3,8,10-11,14-15H,4-7,9,17H2;1H/t10?,11?,14-,15+;/m0./s1. The molecule has 1 nitrogen and oxygen atoms in total. The van der Waals surface area contributed by atoms with Gasteiger partial charge < -0.3 is 18.1 Å². The van der Waals surface area contributed by atoms with Gasteiger partial charge in [0.15, 0.2) is 0 Å². The van der Waals surface area contributed by atoms with Crippen LogP contribution in [0.1, 0.15) is 37.2 Å². The number of hydrogen-bond acceptors (Lipinski definition) is 0. The summed E-state index contributed by atoms with van der Waals surface area (Å²) in [5, 5.41) is 0.881. The minimum Gasteiger partial charge on any atom is -1.00 e. The van der Waals surface area contributed by atoms with Gasteiger partial charge in [-0.15, -0.1) is 0 Å². The first-order valence-electron chi connectivity index (χ1n) is 6.84. The molecule has 0 amide bonds. The molecule has 3 N–H and O–H groups in total. The lowest BCUT2D eigenvalue weighted by Gasteiger charge is -2.47. The highest BCUT2D eigenvalue weighted by atomic mass is 35.5. The lowest BCUT2D eigenvalue weighted by atomic mass is 9.57. The van der Waals surface area contributed by atoms with E-state index < -0.39 is 0 Å². The Labute approximate surface area is 121 Å². The van der Waals surface area contributed by atoms with Crippen LogP contribution in [0.5, 0.6) is 0 Å². The molecule has 0 aliphatic heterocycles. The van der Waals surface area contributed by atoms with Crippen LogP contribution in [0.2, 0.25) is 5.02 Å². The summed E-state index contributed by atoms with van der Waals surface area (Å²) in [4.78, 5) is 0. The van der Waals surface area contributed by atoms with E-state index in [0.717, 1.165) is 35.2 Å². The van der Waals surface area contributed by atoms with Crippen LogP contribution in [0.3, 0.4) is 0 Å². The van der Waals surface area contributed by atoms with Gasteiger partial charge in [-0.1, -0.05) is 23.7 Å². The Morgan fingerprint density at radius 3 is 2.39 bits per heavy atom. The van der Waals surface area contributed by atoms with Gasteiger partial charge >= 0.3 is 0 Å². The summed E-state index contributed by atoms with van der Waals surface area (Å²) < 4.78 is 0. The van der Waals surface area contributed by atoms with Gasteiger partial charge in [-0.25, -0.2) is 0 Å². The third-order valence-corrected chi connectivity index (χ3v) is 5.19. The van der Waals surface area contributed by atoms with Crippen molar-refractivity contribution in [2.24, 2.45) is 17.8 Å². The maximum absolute atomic E-state index is 6.14. The zero-order chi connectivity index (χ0) is 11.8. The van der Waals surface area contributed by atoms with Crippen LogP contribution < -0.4 is 18.1 Å². The Morgan fingerprint density at radius 2 is 1.78 bits per heavy atom. The van der Waals surface area contributed by atoms with Crippen molar-refractivity contribution < 1.29 is 18.1 Å². The quantitative estimate of drug-likeness (QED) is 0.799. The van der Waals surface area contributed by atoms with E-state index in [0.29, 0.717) is 0 Å². The number of halogens is 2. The molecule has 1 aromatic rings. The SMILES string of the molecule is [Cl-].[NH3+]C[C@H]1C2CCC(CC2)[C@@H]1c1cccc(Cl)c1. The van der Waals surface area contributed by atoms with Crippen LogP contribution >= 0.6 is 11.6 Å². The molecule has 0 heterocycles. The van der Waals surface area contributed by atoms with E-state index in [2.05, 4.69) is 23.9 Å². The Bertz CT molecular complexity index is 399. The van der Waals surface area contributed by atoms with Crippen LogP contribution in [0.25, 0.3) is 0 Å². The molecule has 100 valence electrons. The molecule has 0 spiro atoms. The molecule has 18 heavy (non-hydrogen) atoms. The number of benzene rings is 1. The second kappa shape index (κ2) is 5.81. The van der Waals surface area contributed by atoms with E-state index in [1.807, 2.05) is 6.07 Å². The third kappa shape index (κ3) is 2.41. The minimum absolute atomic E-state index is 0. The minimum atomic E-state index is 0. The van der Waals surface area contributed by atoms with Crippen molar-refractivity contribution in [3.8, 4) is 0 Å². The lowest BCUT2D eigenvalue weighted by molar-refractivity contribution is -0.387. The summed E-state index contributed by atoms with van der Waals surface area (Å²) in [5.41, 5.74) is 5.65. The molecule has 0 radical (unpaired) electrons. The summed E-state index contributed by atoms with van der Waals surface area (Å²) in [6.45, 7) is 1.08. The maximum Gasteiger partial charge on any atom is 0.0777 e. The highest BCUT2D eigenvalue weighted by Gasteiger charge is 2.44. The molecule has 3 heteroatoms.